The highest BCUT2D eigenvalue weighted by molar-refractivity contribution is 4.53. The van der Waals surface area contributed by atoms with Crippen molar-refractivity contribution in [3.8, 4) is 0 Å². The molecule has 0 saturated carbocycles. The molecule has 0 atom stereocenters. The Hall–Kier alpha value is -0.120. The van der Waals surface area contributed by atoms with E-state index in [0.29, 0.717) is 6.61 Å². The predicted molar refractivity (Wildman–Crippen MR) is 71.1 cm³/mol. The number of rotatable bonds is 13. The number of unbranched alkanes of at least 4 members (excludes halogenated alkanes) is 7. The molecule has 104 valence electrons. The first-order valence-corrected chi connectivity index (χ1v) is 7.14. The van der Waals surface area contributed by atoms with Crippen molar-refractivity contribution in [1.82, 2.24) is 0 Å². The lowest BCUT2D eigenvalue weighted by Crippen LogP contribution is -2.18. The minimum absolute atomic E-state index is 0.00787. The first-order chi connectivity index (χ1) is 8.35. The largest absolute Gasteiger partial charge is 0.396 e. The second-order valence-electron chi connectivity index (χ2n) is 4.78. The second kappa shape index (κ2) is 13.9. The van der Waals surface area contributed by atoms with Crippen LogP contribution in [-0.2, 0) is 4.74 Å². The summed E-state index contributed by atoms with van der Waals surface area (Å²) in [4.78, 5) is 0. The average Bonchev–Trinajstić information content (AvgIpc) is 2.36. The molecule has 0 amide bonds. The molecular formula is C14H30O3. The van der Waals surface area contributed by atoms with Gasteiger partial charge < -0.3 is 14.9 Å². The van der Waals surface area contributed by atoms with Gasteiger partial charge in [-0.3, -0.25) is 0 Å². The molecule has 0 unspecified atom stereocenters. The smallest absolute Gasteiger partial charge is 0.0538 e. The Bertz CT molecular complexity index is 135. The van der Waals surface area contributed by atoms with E-state index in [1.807, 2.05) is 0 Å². The van der Waals surface area contributed by atoms with Gasteiger partial charge in [-0.25, -0.2) is 0 Å². The third-order valence-corrected chi connectivity index (χ3v) is 3.01. The van der Waals surface area contributed by atoms with E-state index >= 15 is 0 Å². The summed E-state index contributed by atoms with van der Waals surface area (Å²) in [6.45, 7) is 3.49. The van der Waals surface area contributed by atoms with Crippen LogP contribution in [0.2, 0.25) is 0 Å². The standard InChI is InChI=1S/C14H30O3/c1-2-3-4-5-6-7-8-9-10-17-13-14(11-15)12-16/h14-16H,2-13H2,1H3. The van der Waals surface area contributed by atoms with Crippen LogP contribution in [0.4, 0.5) is 0 Å². The summed E-state index contributed by atoms with van der Waals surface area (Å²) in [6.07, 6.45) is 10.4. The molecule has 3 nitrogen and oxygen atoms in total. The maximum absolute atomic E-state index is 8.83. The second-order valence-corrected chi connectivity index (χ2v) is 4.78. The Kier molecular flexibility index (Phi) is 13.8. The fourth-order valence-corrected chi connectivity index (χ4v) is 1.75. The van der Waals surface area contributed by atoms with Gasteiger partial charge in [0.15, 0.2) is 0 Å². The fraction of sp³-hybridized carbons (Fsp3) is 1.00. The third kappa shape index (κ3) is 12.1. The van der Waals surface area contributed by atoms with Crippen molar-refractivity contribution in [3.05, 3.63) is 0 Å². The highest BCUT2D eigenvalue weighted by Crippen LogP contribution is 2.08. The lowest BCUT2D eigenvalue weighted by molar-refractivity contribution is 0.0435. The Morgan fingerprint density at radius 1 is 0.824 bits per heavy atom. The van der Waals surface area contributed by atoms with Gasteiger partial charge in [0.1, 0.15) is 0 Å². The number of aliphatic hydroxyl groups excluding tert-OH is 2. The van der Waals surface area contributed by atoms with Crippen molar-refractivity contribution in [2.45, 2.75) is 58.3 Å². The third-order valence-electron chi connectivity index (χ3n) is 3.01. The molecule has 0 aliphatic carbocycles. The normalized spacial score (nSPS) is 11.3. The number of hydrogen-bond acceptors (Lipinski definition) is 3. The van der Waals surface area contributed by atoms with E-state index in [2.05, 4.69) is 6.92 Å². The van der Waals surface area contributed by atoms with Crippen molar-refractivity contribution < 1.29 is 14.9 Å². The van der Waals surface area contributed by atoms with Crippen LogP contribution in [0.5, 0.6) is 0 Å². The van der Waals surface area contributed by atoms with Gasteiger partial charge in [0.25, 0.3) is 0 Å². The van der Waals surface area contributed by atoms with E-state index in [0.717, 1.165) is 13.0 Å². The number of ether oxygens (including phenoxy) is 1. The van der Waals surface area contributed by atoms with E-state index in [4.69, 9.17) is 14.9 Å². The molecule has 0 aliphatic rings. The Balaban J connectivity index is 3.03. The van der Waals surface area contributed by atoms with Crippen LogP contribution >= 0.6 is 0 Å². The molecule has 0 aromatic rings. The zero-order valence-corrected chi connectivity index (χ0v) is 11.4. The summed E-state index contributed by atoms with van der Waals surface area (Å²) < 4.78 is 5.40. The average molecular weight is 246 g/mol. The molecule has 0 aromatic heterocycles. The summed E-state index contributed by atoms with van der Waals surface area (Å²) in [5, 5.41) is 17.7. The summed E-state index contributed by atoms with van der Waals surface area (Å²) in [5.74, 6) is -0.107. The van der Waals surface area contributed by atoms with Crippen molar-refractivity contribution in [2.75, 3.05) is 26.4 Å². The topological polar surface area (TPSA) is 49.7 Å². The molecule has 0 heterocycles. The van der Waals surface area contributed by atoms with E-state index in [9.17, 15) is 0 Å². The monoisotopic (exact) mass is 246 g/mol. The minimum atomic E-state index is -0.107. The van der Waals surface area contributed by atoms with E-state index in [1.54, 1.807) is 0 Å². The molecule has 0 rings (SSSR count). The summed E-state index contributed by atoms with van der Waals surface area (Å²) in [6, 6.07) is 0. The maximum Gasteiger partial charge on any atom is 0.0538 e. The van der Waals surface area contributed by atoms with Crippen LogP contribution in [0.3, 0.4) is 0 Å². The van der Waals surface area contributed by atoms with Crippen molar-refractivity contribution in [1.29, 1.82) is 0 Å². The molecule has 0 bridgehead atoms. The van der Waals surface area contributed by atoms with Crippen LogP contribution in [0.1, 0.15) is 58.3 Å². The summed E-state index contributed by atoms with van der Waals surface area (Å²) >= 11 is 0. The van der Waals surface area contributed by atoms with Crippen LogP contribution < -0.4 is 0 Å². The Morgan fingerprint density at radius 3 is 1.88 bits per heavy atom. The van der Waals surface area contributed by atoms with Crippen molar-refractivity contribution >= 4 is 0 Å². The van der Waals surface area contributed by atoms with E-state index < -0.39 is 0 Å². The van der Waals surface area contributed by atoms with Gasteiger partial charge in [-0.05, 0) is 6.42 Å². The quantitative estimate of drug-likeness (QED) is 0.491. The van der Waals surface area contributed by atoms with Gasteiger partial charge in [0, 0.05) is 12.5 Å². The van der Waals surface area contributed by atoms with Crippen LogP contribution in [0.15, 0.2) is 0 Å². The minimum Gasteiger partial charge on any atom is -0.396 e. The maximum atomic E-state index is 8.83. The van der Waals surface area contributed by atoms with Crippen molar-refractivity contribution in [3.63, 3.8) is 0 Å². The molecule has 0 fully saturated rings. The fourth-order valence-electron chi connectivity index (χ4n) is 1.75. The van der Waals surface area contributed by atoms with E-state index in [1.165, 1.54) is 44.9 Å². The zero-order valence-electron chi connectivity index (χ0n) is 11.4. The van der Waals surface area contributed by atoms with Gasteiger partial charge >= 0.3 is 0 Å². The van der Waals surface area contributed by atoms with Crippen LogP contribution in [0, 0.1) is 5.92 Å². The van der Waals surface area contributed by atoms with E-state index in [-0.39, 0.29) is 19.1 Å². The molecule has 0 aliphatic heterocycles. The highest BCUT2D eigenvalue weighted by atomic mass is 16.5. The number of aliphatic hydroxyl groups is 2. The summed E-state index contributed by atoms with van der Waals surface area (Å²) in [5.41, 5.74) is 0. The van der Waals surface area contributed by atoms with Crippen LogP contribution in [-0.4, -0.2) is 36.6 Å². The predicted octanol–water partition coefficient (Wildman–Crippen LogP) is 2.74. The first kappa shape index (κ1) is 16.9. The van der Waals surface area contributed by atoms with Gasteiger partial charge in [0.2, 0.25) is 0 Å². The van der Waals surface area contributed by atoms with Crippen LogP contribution in [0.25, 0.3) is 0 Å². The lowest BCUT2D eigenvalue weighted by Gasteiger charge is -2.11. The highest BCUT2D eigenvalue weighted by Gasteiger charge is 2.04. The molecule has 0 radical (unpaired) electrons. The van der Waals surface area contributed by atoms with Gasteiger partial charge in [0.05, 0.1) is 19.8 Å². The molecule has 2 N–H and O–H groups in total. The molecule has 0 spiro atoms. The zero-order chi connectivity index (χ0) is 12.8. The lowest BCUT2D eigenvalue weighted by atomic mass is 10.1. The van der Waals surface area contributed by atoms with Gasteiger partial charge in [-0.1, -0.05) is 51.9 Å². The molecule has 3 heteroatoms. The first-order valence-electron chi connectivity index (χ1n) is 7.14. The van der Waals surface area contributed by atoms with Gasteiger partial charge in [-0.15, -0.1) is 0 Å². The molecular weight excluding hydrogens is 216 g/mol. The summed E-state index contributed by atoms with van der Waals surface area (Å²) in [7, 11) is 0. The number of hydrogen-bond donors (Lipinski definition) is 2. The Labute approximate surface area is 106 Å². The van der Waals surface area contributed by atoms with Gasteiger partial charge in [-0.2, -0.15) is 0 Å². The van der Waals surface area contributed by atoms with Crippen molar-refractivity contribution in [2.24, 2.45) is 5.92 Å². The Morgan fingerprint density at radius 2 is 1.35 bits per heavy atom. The molecule has 17 heavy (non-hydrogen) atoms. The molecule has 0 saturated heterocycles. The SMILES string of the molecule is CCCCCCCCCCOCC(CO)CO. The molecule has 0 aromatic carbocycles.